The molecule has 1 amide bonds. The fraction of sp³-hybridized carbons (Fsp3) is 0.300. The predicted molar refractivity (Wildman–Crippen MR) is 59.6 cm³/mol. The number of fused-ring (bicyclic) bond motifs is 1. The molecule has 1 aromatic carbocycles. The summed E-state index contributed by atoms with van der Waals surface area (Å²) >= 11 is 1.69. The summed E-state index contributed by atoms with van der Waals surface area (Å²) in [4.78, 5) is 12.2. The maximum Gasteiger partial charge on any atom is 0.228 e. The Labute approximate surface area is 87.1 Å². The molecule has 0 saturated carbocycles. The van der Waals surface area contributed by atoms with E-state index in [1.807, 2.05) is 12.1 Å². The first-order chi connectivity index (χ1) is 6.70. The van der Waals surface area contributed by atoms with Gasteiger partial charge in [-0.1, -0.05) is 6.92 Å². The van der Waals surface area contributed by atoms with Crippen LogP contribution in [0.3, 0.4) is 0 Å². The maximum atomic E-state index is 11.1. The zero-order valence-corrected chi connectivity index (χ0v) is 8.78. The van der Waals surface area contributed by atoms with Gasteiger partial charge in [-0.15, -0.1) is 11.8 Å². The van der Waals surface area contributed by atoms with E-state index in [9.17, 15) is 4.79 Å². The van der Waals surface area contributed by atoms with E-state index in [4.69, 9.17) is 5.73 Å². The molecule has 74 valence electrons. The molecule has 2 rings (SSSR count). The van der Waals surface area contributed by atoms with E-state index >= 15 is 0 Å². The van der Waals surface area contributed by atoms with Crippen LogP contribution in [-0.2, 0) is 11.2 Å². The summed E-state index contributed by atoms with van der Waals surface area (Å²) in [5, 5.41) is 2.82. The number of amides is 1. The molecule has 0 radical (unpaired) electrons. The van der Waals surface area contributed by atoms with E-state index in [0.29, 0.717) is 6.42 Å². The van der Waals surface area contributed by atoms with Crippen LogP contribution in [-0.4, -0.2) is 11.7 Å². The van der Waals surface area contributed by atoms with Gasteiger partial charge in [0.25, 0.3) is 0 Å². The minimum Gasteiger partial charge on any atom is -0.398 e. The average Bonchev–Trinajstić information content (AvgIpc) is 2.45. The third-order valence-electron chi connectivity index (χ3n) is 2.16. The molecule has 1 aromatic rings. The van der Waals surface area contributed by atoms with Gasteiger partial charge in [0.1, 0.15) is 0 Å². The highest BCUT2D eigenvalue weighted by atomic mass is 32.2. The normalized spacial score (nSPS) is 13.9. The fourth-order valence-electron chi connectivity index (χ4n) is 1.55. The summed E-state index contributed by atoms with van der Waals surface area (Å²) in [5.41, 5.74) is 8.56. The Bertz CT molecular complexity index is 390. The molecule has 0 spiro atoms. The Balaban J connectivity index is 2.39. The van der Waals surface area contributed by atoms with Crippen LogP contribution in [0.5, 0.6) is 0 Å². The van der Waals surface area contributed by atoms with Crippen LogP contribution in [0.2, 0.25) is 0 Å². The molecule has 0 unspecified atom stereocenters. The Morgan fingerprint density at radius 1 is 1.57 bits per heavy atom. The minimum absolute atomic E-state index is 0.0537. The van der Waals surface area contributed by atoms with Gasteiger partial charge in [-0.2, -0.15) is 0 Å². The molecule has 0 atom stereocenters. The number of rotatable bonds is 2. The third kappa shape index (κ3) is 1.57. The molecule has 0 saturated heterocycles. The number of benzene rings is 1. The van der Waals surface area contributed by atoms with Gasteiger partial charge in [-0.25, -0.2) is 0 Å². The van der Waals surface area contributed by atoms with Gasteiger partial charge in [0.05, 0.1) is 6.42 Å². The Kier molecular flexibility index (Phi) is 2.37. The predicted octanol–water partition coefficient (Wildman–Crippen LogP) is 1.88. The van der Waals surface area contributed by atoms with Crippen LogP contribution in [0.15, 0.2) is 17.0 Å². The molecule has 14 heavy (non-hydrogen) atoms. The quantitative estimate of drug-likeness (QED) is 0.576. The number of nitrogen functional groups attached to an aromatic ring is 1. The van der Waals surface area contributed by atoms with Crippen molar-refractivity contribution in [1.29, 1.82) is 0 Å². The first-order valence-electron chi connectivity index (χ1n) is 4.55. The van der Waals surface area contributed by atoms with Crippen molar-refractivity contribution >= 4 is 29.0 Å². The molecule has 1 aliphatic heterocycles. The lowest BCUT2D eigenvalue weighted by molar-refractivity contribution is -0.115. The number of nitrogens with one attached hydrogen (secondary N) is 1. The standard InChI is InChI=1S/C10H12N2OS/c1-2-14-9-5-8-6(3-7(9)11)4-10(13)12-8/h3,5H,2,4,11H2,1H3,(H,12,13). The second kappa shape index (κ2) is 3.53. The summed E-state index contributed by atoms with van der Waals surface area (Å²) in [7, 11) is 0. The summed E-state index contributed by atoms with van der Waals surface area (Å²) in [5.74, 6) is 1.04. The number of carbonyl (C=O) groups is 1. The lowest BCUT2D eigenvalue weighted by Gasteiger charge is -2.06. The summed E-state index contributed by atoms with van der Waals surface area (Å²) < 4.78 is 0. The number of nitrogens with two attached hydrogens (primary N) is 1. The highest BCUT2D eigenvalue weighted by Crippen LogP contribution is 2.33. The van der Waals surface area contributed by atoms with Crippen LogP contribution in [0.25, 0.3) is 0 Å². The molecule has 3 nitrogen and oxygen atoms in total. The SMILES string of the molecule is CCSc1cc2c(cc1N)CC(=O)N2. The first kappa shape index (κ1) is 9.40. The van der Waals surface area contributed by atoms with Gasteiger partial charge in [0.2, 0.25) is 5.91 Å². The minimum atomic E-state index is 0.0537. The van der Waals surface area contributed by atoms with E-state index < -0.39 is 0 Å². The maximum absolute atomic E-state index is 11.1. The number of thioether (sulfide) groups is 1. The average molecular weight is 208 g/mol. The zero-order chi connectivity index (χ0) is 10.1. The largest absolute Gasteiger partial charge is 0.398 e. The lowest BCUT2D eigenvalue weighted by atomic mass is 10.1. The van der Waals surface area contributed by atoms with E-state index in [0.717, 1.165) is 27.6 Å². The van der Waals surface area contributed by atoms with Gasteiger partial charge in [0.15, 0.2) is 0 Å². The molecule has 3 N–H and O–H groups in total. The zero-order valence-electron chi connectivity index (χ0n) is 7.96. The summed E-state index contributed by atoms with van der Waals surface area (Å²) in [6.45, 7) is 2.08. The van der Waals surface area contributed by atoms with Gasteiger partial charge >= 0.3 is 0 Å². The molecule has 4 heteroatoms. The van der Waals surface area contributed by atoms with Crippen molar-refractivity contribution in [3.63, 3.8) is 0 Å². The first-order valence-corrected chi connectivity index (χ1v) is 5.54. The number of hydrogen-bond donors (Lipinski definition) is 2. The monoisotopic (exact) mass is 208 g/mol. The van der Waals surface area contributed by atoms with Crippen LogP contribution >= 0.6 is 11.8 Å². The van der Waals surface area contributed by atoms with E-state index in [1.54, 1.807) is 11.8 Å². The van der Waals surface area contributed by atoms with E-state index in [2.05, 4.69) is 12.2 Å². The van der Waals surface area contributed by atoms with Crippen molar-refractivity contribution in [2.45, 2.75) is 18.2 Å². The van der Waals surface area contributed by atoms with Gasteiger partial charge in [-0.3, -0.25) is 4.79 Å². The topological polar surface area (TPSA) is 55.1 Å². The Morgan fingerprint density at radius 2 is 2.36 bits per heavy atom. The van der Waals surface area contributed by atoms with Gasteiger partial charge in [0, 0.05) is 16.3 Å². The molecule has 0 fully saturated rings. The van der Waals surface area contributed by atoms with Crippen LogP contribution in [0.4, 0.5) is 11.4 Å². The number of anilines is 2. The smallest absolute Gasteiger partial charge is 0.228 e. The number of carbonyl (C=O) groups excluding carboxylic acids is 1. The van der Waals surface area contributed by atoms with Crippen molar-refractivity contribution < 1.29 is 4.79 Å². The molecule has 0 aromatic heterocycles. The third-order valence-corrected chi connectivity index (χ3v) is 3.11. The van der Waals surface area contributed by atoms with Gasteiger partial charge < -0.3 is 11.1 Å². The van der Waals surface area contributed by atoms with Crippen molar-refractivity contribution in [1.82, 2.24) is 0 Å². The second-order valence-electron chi connectivity index (χ2n) is 3.21. The second-order valence-corrected chi connectivity index (χ2v) is 4.51. The van der Waals surface area contributed by atoms with E-state index in [1.165, 1.54) is 0 Å². The lowest BCUT2D eigenvalue weighted by Crippen LogP contribution is -2.03. The van der Waals surface area contributed by atoms with Crippen molar-refractivity contribution in [2.75, 3.05) is 16.8 Å². The summed E-state index contributed by atoms with van der Waals surface area (Å²) in [6, 6.07) is 3.86. The Hall–Kier alpha value is -1.16. The van der Waals surface area contributed by atoms with Gasteiger partial charge in [-0.05, 0) is 23.4 Å². The summed E-state index contributed by atoms with van der Waals surface area (Å²) in [6.07, 6.45) is 0.455. The van der Waals surface area contributed by atoms with Crippen LogP contribution in [0.1, 0.15) is 12.5 Å². The van der Waals surface area contributed by atoms with Crippen molar-refractivity contribution in [2.24, 2.45) is 0 Å². The van der Waals surface area contributed by atoms with Crippen molar-refractivity contribution in [3.05, 3.63) is 17.7 Å². The molecule has 0 aliphatic carbocycles. The highest BCUT2D eigenvalue weighted by Gasteiger charge is 2.18. The highest BCUT2D eigenvalue weighted by molar-refractivity contribution is 7.99. The molecular weight excluding hydrogens is 196 g/mol. The molecular formula is C10H12N2OS. The van der Waals surface area contributed by atoms with Crippen LogP contribution < -0.4 is 11.1 Å². The van der Waals surface area contributed by atoms with E-state index in [-0.39, 0.29) is 5.91 Å². The van der Waals surface area contributed by atoms with Crippen molar-refractivity contribution in [3.8, 4) is 0 Å². The Morgan fingerprint density at radius 3 is 3.07 bits per heavy atom. The fourth-order valence-corrected chi connectivity index (χ4v) is 2.29. The molecule has 0 bridgehead atoms. The molecule has 1 aliphatic rings. The molecule has 1 heterocycles. The van der Waals surface area contributed by atoms with Crippen LogP contribution in [0, 0.1) is 0 Å². The number of hydrogen-bond acceptors (Lipinski definition) is 3.